The average Bonchev–Trinajstić information content (AvgIpc) is 2.82. The molecule has 0 aliphatic carbocycles. The van der Waals surface area contributed by atoms with Crippen LogP contribution in [0.4, 0.5) is 11.5 Å². The van der Waals surface area contributed by atoms with Gasteiger partial charge in [0.1, 0.15) is 11.6 Å². The molecule has 4 aromatic rings. The molecule has 0 saturated heterocycles. The summed E-state index contributed by atoms with van der Waals surface area (Å²) in [7, 11) is 5.55. The second-order valence-corrected chi connectivity index (χ2v) is 7.18. The van der Waals surface area contributed by atoms with E-state index in [-0.39, 0.29) is 6.04 Å². The molecule has 1 aromatic carbocycles. The summed E-state index contributed by atoms with van der Waals surface area (Å²) in [5, 5.41) is 12.1. The number of fused-ring (bicyclic) bond motifs is 1. The molecule has 0 aliphatic heterocycles. The first-order chi connectivity index (χ1) is 15.2. The lowest BCUT2D eigenvalue weighted by Crippen LogP contribution is -2.28. The highest BCUT2D eigenvalue weighted by molar-refractivity contribution is 5.87. The highest BCUT2D eigenvalue weighted by atomic mass is 16.5. The highest BCUT2D eigenvalue weighted by Gasteiger charge is 2.16. The predicted octanol–water partition coefficient (Wildman–Crippen LogP) is 3.92. The lowest BCUT2D eigenvalue weighted by molar-refractivity contribution is 0.415. The number of benzene rings is 1. The molecule has 0 bridgehead atoms. The van der Waals surface area contributed by atoms with Gasteiger partial charge in [-0.15, -0.1) is 0 Å². The number of hydrogen-bond donors (Lipinski definition) is 3. The number of hydrogen-bond acceptors (Lipinski definition) is 7. The third kappa shape index (κ3) is 4.63. The van der Waals surface area contributed by atoms with Gasteiger partial charge in [0.15, 0.2) is 0 Å². The van der Waals surface area contributed by atoms with Crippen LogP contribution in [0.3, 0.4) is 0 Å². The maximum atomic E-state index is 5.31. The van der Waals surface area contributed by atoms with Crippen LogP contribution in [-0.2, 0) is 0 Å². The molecule has 0 saturated carbocycles. The Morgan fingerprint density at radius 2 is 1.94 bits per heavy atom. The number of nitrogens with zero attached hydrogens (tertiary/aromatic N) is 3. The normalized spacial score (nSPS) is 12.0. The van der Waals surface area contributed by atoms with Crippen LogP contribution in [0, 0.1) is 0 Å². The fraction of sp³-hybridized carbons (Fsp3) is 0.208. The van der Waals surface area contributed by atoms with Crippen molar-refractivity contribution in [3.05, 3.63) is 72.8 Å². The van der Waals surface area contributed by atoms with Crippen molar-refractivity contribution in [1.29, 1.82) is 0 Å². The van der Waals surface area contributed by atoms with Crippen LogP contribution in [0.1, 0.15) is 11.7 Å². The van der Waals surface area contributed by atoms with Crippen LogP contribution in [0.5, 0.6) is 5.75 Å². The summed E-state index contributed by atoms with van der Waals surface area (Å²) in [6.45, 7) is 0.767. The summed E-state index contributed by atoms with van der Waals surface area (Å²) in [6.07, 6.45) is 5.48. The Bertz CT molecular complexity index is 1180. The third-order valence-electron chi connectivity index (χ3n) is 5.15. The van der Waals surface area contributed by atoms with E-state index < -0.39 is 0 Å². The van der Waals surface area contributed by atoms with E-state index in [0.29, 0.717) is 0 Å². The van der Waals surface area contributed by atoms with Crippen LogP contribution >= 0.6 is 0 Å². The average molecular weight is 415 g/mol. The second kappa shape index (κ2) is 9.51. The molecule has 0 radical (unpaired) electrons. The summed E-state index contributed by atoms with van der Waals surface area (Å²) in [4.78, 5) is 13.8. The summed E-state index contributed by atoms with van der Waals surface area (Å²) in [5.41, 5.74) is 3.75. The molecular weight excluding hydrogens is 388 g/mol. The Balaban J connectivity index is 1.74. The summed E-state index contributed by atoms with van der Waals surface area (Å²) < 4.78 is 5.31. The first-order valence-corrected chi connectivity index (χ1v) is 10.2. The van der Waals surface area contributed by atoms with Crippen molar-refractivity contribution in [3.8, 4) is 17.0 Å². The number of aromatic nitrogens is 3. The number of anilines is 2. The summed E-state index contributed by atoms with van der Waals surface area (Å²) >= 11 is 0. The van der Waals surface area contributed by atoms with E-state index in [1.165, 1.54) is 0 Å². The molecular formula is C24H26N6O. The molecule has 1 atom stereocenters. The molecule has 0 fully saturated rings. The van der Waals surface area contributed by atoms with Crippen molar-refractivity contribution in [3.63, 3.8) is 0 Å². The number of rotatable bonds is 8. The standard InChI is InChI=1S/C24H26N6O/c1-25-15-22(26-2)24-20-8-9-27-14-17(20)11-21(30-24)16-7-10-28-23(12-16)29-18-5-4-6-19(13-18)31-3/h4-14,22,25-26H,15H2,1-3H3,(H,28,29). The van der Waals surface area contributed by atoms with Gasteiger partial charge < -0.3 is 20.7 Å². The number of ether oxygens (including phenoxy) is 1. The molecule has 3 heterocycles. The fourth-order valence-electron chi connectivity index (χ4n) is 3.58. The van der Waals surface area contributed by atoms with Crippen LogP contribution in [0.15, 0.2) is 67.1 Å². The van der Waals surface area contributed by atoms with Gasteiger partial charge >= 0.3 is 0 Å². The van der Waals surface area contributed by atoms with Crippen LogP contribution in [0.2, 0.25) is 0 Å². The molecule has 7 heteroatoms. The molecule has 0 aliphatic rings. The Hall–Kier alpha value is -3.55. The first kappa shape index (κ1) is 20.7. The van der Waals surface area contributed by atoms with Gasteiger partial charge in [-0.2, -0.15) is 0 Å². The summed E-state index contributed by atoms with van der Waals surface area (Å²) in [5.74, 6) is 1.53. The smallest absolute Gasteiger partial charge is 0.130 e. The fourth-order valence-corrected chi connectivity index (χ4v) is 3.58. The van der Waals surface area contributed by atoms with Crippen molar-refractivity contribution in [2.75, 3.05) is 33.1 Å². The number of methoxy groups -OCH3 is 1. The Kier molecular flexibility index (Phi) is 6.35. The van der Waals surface area contributed by atoms with E-state index in [0.717, 1.165) is 51.5 Å². The van der Waals surface area contributed by atoms with E-state index in [4.69, 9.17) is 9.72 Å². The zero-order valence-corrected chi connectivity index (χ0v) is 17.9. The number of pyridine rings is 3. The van der Waals surface area contributed by atoms with Gasteiger partial charge in [0, 0.05) is 53.2 Å². The predicted molar refractivity (Wildman–Crippen MR) is 125 cm³/mol. The Morgan fingerprint density at radius 1 is 1.03 bits per heavy atom. The minimum absolute atomic E-state index is 0.0751. The minimum Gasteiger partial charge on any atom is -0.497 e. The minimum atomic E-state index is 0.0751. The molecule has 31 heavy (non-hydrogen) atoms. The molecule has 0 spiro atoms. The number of nitrogens with one attached hydrogen (secondary N) is 3. The molecule has 3 N–H and O–H groups in total. The molecule has 0 amide bonds. The van der Waals surface area contributed by atoms with E-state index in [1.807, 2.05) is 69.0 Å². The van der Waals surface area contributed by atoms with E-state index in [9.17, 15) is 0 Å². The Morgan fingerprint density at radius 3 is 2.74 bits per heavy atom. The topological polar surface area (TPSA) is 84.0 Å². The quantitative estimate of drug-likeness (QED) is 0.403. The second-order valence-electron chi connectivity index (χ2n) is 7.18. The molecule has 4 rings (SSSR count). The van der Waals surface area contributed by atoms with Gasteiger partial charge in [-0.3, -0.25) is 9.97 Å². The number of likely N-dealkylation sites (N-methyl/N-ethyl adjacent to an activating group) is 2. The lowest BCUT2D eigenvalue weighted by Gasteiger charge is -2.18. The van der Waals surface area contributed by atoms with Crippen molar-refractivity contribution in [1.82, 2.24) is 25.6 Å². The van der Waals surface area contributed by atoms with Crippen molar-refractivity contribution >= 4 is 22.3 Å². The molecule has 7 nitrogen and oxygen atoms in total. The first-order valence-electron chi connectivity index (χ1n) is 10.2. The van der Waals surface area contributed by atoms with Gasteiger partial charge in [-0.1, -0.05) is 6.07 Å². The van der Waals surface area contributed by atoms with Crippen LogP contribution < -0.4 is 20.7 Å². The van der Waals surface area contributed by atoms with Crippen molar-refractivity contribution in [2.45, 2.75) is 6.04 Å². The van der Waals surface area contributed by atoms with Gasteiger partial charge in [-0.25, -0.2) is 4.98 Å². The van der Waals surface area contributed by atoms with Crippen LogP contribution in [-0.4, -0.2) is 42.7 Å². The highest BCUT2D eigenvalue weighted by Crippen LogP contribution is 2.29. The van der Waals surface area contributed by atoms with Gasteiger partial charge in [0.05, 0.1) is 24.5 Å². The zero-order valence-electron chi connectivity index (χ0n) is 17.9. The largest absolute Gasteiger partial charge is 0.497 e. The van der Waals surface area contributed by atoms with Crippen molar-refractivity contribution < 1.29 is 4.74 Å². The maximum Gasteiger partial charge on any atom is 0.130 e. The SMILES string of the molecule is CNCC(NC)c1nc(-c2ccnc(Nc3cccc(OC)c3)c2)cc2cnccc12. The van der Waals surface area contributed by atoms with Crippen LogP contribution in [0.25, 0.3) is 22.0 Å². The Labute approximate surface area is 181 Å². The van der Waals surface area contributed by atoms with Gasteiger partial charge in [0.2, 0.25) is 0 Å². The van der Waals surface area contributed by atoms with Gasteiger partial charge in [-0.05, 0) is 50.5 Å². The van der Waals surface area contributed by atoms with Crippen molar-refractivity contribution in [2.24, 2.45) is 0 Å². The zero-order chi connectivity index (χ0) is 21.6. The van der Waals surface area contributed by atoms with E-state index in [1.54, 1.807) is 13.3 Å². The third-order valence-corrected chi connectivity index (χ3v) is 5.15. The molecule has 1 unspecified atom stereocenters. The summed E-state index contributed by atoms with van der Waals surface area (Å²) in [6, 6.07) is 15.9. The molecule has 158 valence electrons. The maximum absolute atomic E-state index is 5.31. The monoisotopic (exact) mass is 414 g/mol. The van der Waals surface area contributed by atoms with E-state index in [2.05, 4.69) is 32.0 Å². The van der Waals surface area contributed by atoms with E-state index >= 15 is 0 Å². The lowest BCUT2D eigenvalue weighted by atomic mass is 10.0. The van der Waals surface area contributed by atoms with Gasteiger partial charge in [0.25, 0.3) is 0 Å². The molecule has 3 aromatic heterocycles.